The lowest BCUT2D eigenvalue weighted by Gasteiger charge is -2.11. The average Bonchev–Trinajstić information content (AvgIpc) is 2.18. The lowest BCUT2D eigenvalue weighted by molar-refractivity contribution is -0.274. The van der Waals surface area contributed by atoms with Crippen LogP contribution in [0.2, 0.25) is 0 Å². The molecular formula is C10H8BrF3O2. The molecule has 0 fully saturated rings. The summed E-state index contributed by atoms with van der Waals surface area (Å²) >= 11 is 2.92. The van der Waals surface area contributed by atoms with Gasteiger partial charge in [0.1, 0.15) is 5.75 Å². The van der Waals surface area contributed by atoms with Gasteiger partial charge in [-0.15, -0.1) is 13.2 Å². The van der Waals surface area contributed by atoms with Crippen molar-refractivity contribution in [2.45, 2.75) is 19.7 Å². The molecule has 0 aliphatic carbocycles. The van der Waals surface area contributed by atoms with Gasteiger partial charge in [0.25, 0.3) is 0 Å². The van der Waals surface area contributed by atoms with Crippen molar-refractivity contribution in [3.8, 4) is 5.75 Å². The van der Waals surface area contributed by atoms with Gasteiger partial charge in [0.15, 0.2) is 5.78 Å². The average molecular weight is 297 g/mol. The number of halogens is 4. The summed E-state index contributed by atoms with van der Waals surface area (Å²) in [5, 5.41) is 0. The van der Waals surface area contributed by atoms with Crippen molar-refractivity contribution in [1.29, 1.82) is 0 Å². The van der Waals surface area contributed by atoms with E-state index in [-0.39, 0.29) is 22.2 Å². The highest BCUT2D eigenvalue weighted by molar-refractivity contribution is 9.10. The predicted molar refractivity (Wildman–Crippen MR) is 55.4 cm³/mol. The van der Waals surface area contributed by atoms with Gasteiger partial charge in [-0.25, -0.2) is 0 Å². The lowest BCUT2D eigenvalue weighted by atomic mass is 10.1. The zero-order valence-corrected chi connectivity index (χ0v) is 9.85. The lowest BCUT2D eigenvalue weighted by Crippen LogP contribution is -2.17. The molecule has 0 aromatic heterocycles. The standard InChI is InChI=1S/C10H8BrF3O2/c1-2-8(15)6-3-4-7(11)9(5-6)16-10(12,13)14/h3-5H,2H2,1H3. The van der Waals surface area contributed by atoms with Crippen LogP contribution in [0.15, 0.2) is 22.7 Å². The molecule has 1 aromatic rings. The maximum atomic E-state index is 12.0. The third kappa shape index (κ3) is 3.52. The maximum absolute atomic E-state index is 12.0. The third-order valence-electron chi connectivity index (χ3n) is 1.80. The number of ether oxygens (including phenoxy) is 1. The van der Waals surface area contributed by atoms with E-state index in [0.29, 0.717) is 0 Å². The highest BCUT2D eigenvalue weighted by atomic mass is 79.9. The summed E-state index contributed by atoms with van der Waals surface area (Å²) in [6, 6.07) is 3.87. The van der Waals surface area contributed by atoms with Crippen LogP contribution in [0.5, 0.6) is 5.75 Å². The van der Waals surface area contributed by atoms with E-state index in [0.717, 1.165) is 6.07 Å². The first-order valence-electron chi connectivity index (χ1n) is 4.42. The van der Waals surface area contributed by atoms with Gasteiger partial charge in [-0.3, -0.25) is 4.79 Å². The van der Waals surface area contributed by atoms with Crippen molar-refractivity contribution in [1.82, 2.24) is 0 Å². The molecule has 0 radical (unpaired) electrons. The summed E-state index contributed by atoms with van der Waals surface area (Å²) in [6.45, 7) is 1.63. The van der Waals surface area contributed by atoms with Crippen molar-refractivity contribution in [2.24, 2.45) is 0 Å². The number of rotatable bonds is 3. The molecule has 1 rings (SSSR count). The molecule has 1 aromatic carbocycles. The summed E-state index contributed by atoms with van der Waals surface area (Å²) in [7, 11) is 0. The van der Waals surface area contributed by atoms with E-state index in [1.807, 2.05) is 0 Å². The Morgan fingerprint density at radius 1 is 1.44 bits per heavy atom. The van der Waals surface area contributed by atoms with E-state index in [1.54, 1.807) is 6.92 Å². The molecule has 0 atom stereocenters. The Hall–Kier alpha value is -1.04. The second kappa shape index (κ2) is 4.86. The van der Waals surface area contributed by atoms with E-state index < -0.39 is 12.1 Å². The number of benzene rings is 1. The Labute approximate surface area is 98.5 Å². The predicted octanol–water partition coefficient (Wildman–Crippen LogP) is 3.94. The number of carbonyl (C=O) groups excluding carboxylic acids is 1. The Bertz CT molecular complexity index is 402. The van der Waals surface area contributed by atoms with Crippen LogP contribution in [-0.2, 0) is 0 Å². The van der Waals surface area contributed by atoms with Gasteiger partial charge in [-0.05, 0) is 28.1 Å². The Morgan fingerprint density at radius 3 is 2.56 bits per heavy atom. The molecule has 0 unspecified atom stereocenters. The van der Waals surface area contributed by atoms with E-state index >= 15 is 0 Å². The van der Waals surface area contributed by atoms with Crippen molar-refractivity contribution in [3.05, 3.63) is 28.2 Å². The van der Waals surface area contributed by atoms with E-state index in [2.05, 4.69) is 20.7 Å². The molecule has 0 saturated carbocycles. The van der Waals surface area contributed by atoms with Crippen LogP contribution in [0.1, 0.15) is 23.7 Å². The molecule has 2 nitrogen and oxygen atoms in total. The monoisotopic (exact) mass is 296 g/mol. The highest BCUT2D eigenvalue weighted by Gasteiger charge is 2.32. The molecule has 16 heavy (non-hydrogen) atoms. The molecule has 6 heteroatoms. The Balaban J connectivity index is 3.04. The summed E-state index contributed by atoms with van der Waals surface area (Å²) in [5.41, 5.74) is 0.199. The molecule has 0 bridgehead atoms. The van der Waals surface area contributed by atoms with E-state index in [1.165, 1.54) is 12.1 Å². The van der Waals surface area contributed by atoms with Crippen LogP contribution in [0.25, 0.3) is 0 Å². The number of alkyl halides is 3. The minimum Gasteiger partial charge on any atom is -0.405 e. The first-order chi connectivity index (χ1) is 7.33. The second-order valence-corrected chi connectivity index (χ2v) is 3.82. The first-order valence-corrected chi connectivity index (χ1v) is 5.21. The van der Waals surface area contributed by atoms with E-state index in [4.69, 9.17) is 0 Å². The van der Waals surface area contributed by atoms with Crippen molar-refractivity contribution < 1.29 is 22.7 Å². The third-order valence-corrected chi connectivity index (χ3v) is 2.46. The van der Waals surface area contributed by atoms with Crippen LogP contribution in [0.4, 0.5) is 13.2 Å². The van der Waals surface area contributed by atoms with Gasteiger partial charge >= 0.3 is 6.36 Å². The number of hydrogen-bond donors (Lipinski definition) is 0. The number of ketones is 1. The molecule has 88 valence electrons. The van der Waals surface area contributed by atoms with Gasteiger partial charge in [0, 0.05) is 12.0 Å². The molecule has 0 spiro atoms. The topological polar surface area (TPSA) is 26.3 Å². The van der Waals surface area contributed by atoms with Crippen LogP contribution in [0.3, 0.4) is 0 Å². The number of Topliss-reactive ketones (excluding diaryl/α,β-unsaturated/α-hetero) is 1. The van der Waals surface area contributed by atoms with Crippen LogP contribution >= 0.6 is 15.9 Å². The molecular weight excluding hydrogens is 289 g/mol. The minimum atomic E-state index is -4.77. The summed E-state index contributed by atoms with van der Waals surface area (Å²) in [6.07, 6.45) is -4.54. The van der Waals surface area contributed by atoms with Gasteiger partial charge < -0.3 is 4.74 Å². The number of carbonyl (C=O) groups is 1. The van der Waals surface area contributed by atoms with Gasteiger partial charge in [-0.1, -0.05) is 13.0 Å². The SMILES string of the molecule is CCC(=O)c1ccc(Br)c(OC(F)(F)F)c1. The van der Waals surface area contributed by atoms with Crippen molar-refractivity contribution in [3.63, 3.8) is 0 Å². The Kier molecular flexibility index (Phi) is 3.96. The van der Waals surface area contributed by atoms with Crippen LogP contribution in [0, 0.1) is 0 Å². The zero-order valence-electron chi connectivity index (χ0n) is 8.27. The van der Waals surface area contributed by atoms with Gasteiger partial charge in [-0.2, -0.15) is 0 Å². The molecule has 0 amide bonds. The fourth-order valence-corrected chi connectivity index (χ4v) is 1.41. The largest absolute Gasteiger partial charge is 0.573 e. The van der Waals surface area contributed by atoms with Crippen LogP contribution < -0.4 is 4.74 Å². The highest BCUT2D eigenvalue weighted by Crippen LogP contribution is 2.31. The fraction of sp³-hybridized carbons (Fsp3) is 0.300. The summed E-state index contributed by atoms with van der Waals surface area (Å²) in [5.74, 6) is -0.647. The molecule has 0 aliphatic rings. The fourth-order valence-electron chi connectivity index (χ4n) is 1.08. The molecule has 0 N–H and O–H groups in total. The second-order valence-electron chi connectivity index (χ2n) is 2.97. The van der Waals surface area contributed by atoms with Gasteiger partial charge in [0.05, 0.1) is 4.47 Å². The quantitative estimate of drug-likeness (QED) is 0.790. The first kappa shape index (κ1) is 13.0. The minimum absolute atomic E-state index is 0.150. The summed E-state index contributed by atoms with van der Waals surface area (Å²) in [4.78, 5) is 11.3. The summed E-state index contributed by atoms with van der Waals surface area (Å²) < 4.78 is 39.9. The molecule has 0 saturated heterocycles. The smallest absolute Gasteiger partial charge is 0.405 e. The van der Waals surface area contributed by atoms with Gasteiger partial charge in [0.2, 0.25) is 0 Å². The number of hydrogen-bond acceptors (Lipinski definition) is 2. The van der Waals surface area contributed by atoms with Crippen molar-refractivity contribution in [2.75, 3.05) is 0 Å². The maximum Gasteiger partial charge on any atom is 0.573 e. The Morgan fingerprint density at radius 2 is 2.06 bits per heavy atom. The van der Waals surface area contributed by atoms with Crippen LogP contribution in [-0.4, -0.2) is 12.1 Å². The van der Waals surface area contributed by atoms with E-state index in [9.17, 15) is 18.0 Å². The molecule has 0 aliphatic heterocycles. The van der Waals surface area contributed by atoms with Crippen molar-refractivity contribution >= 4 is 21.7 Å². The normalized spacial score (nSPS) is 11.3. The zero-order chi connectivity index (χ0) is 12.3. The molecule has 0 heterocycles.